The topological polar surface area (TPSA) is 57.0 Å². The maximum Gasteiger partial charge on any atom is 0.153 e. The van der Waals surface area contributed by atoms with Crippen LogP contribution in [-0.4, -0.2) is 27.7 Å². The van der Waals surface area contributed by atoms with Gasteiger partial charge in [0.15, 0.2) is 12.1 Å². The van der Waals surface area contributed by atoms with Crippen molar-refractivity contribution in [2.75, 3.05) is 6.61 Å². The number of fused-ring (bicyclic) bond motifs is 1. The van der Waals surface area contributed by atoms with Crippen LogP contribution in [0.15, 0.2) is 42.9 Å². The normalized spacial score (nSPS) is 12.7. The quantitative estimate of drug-likeness (QED) is 0.694. The Morgan fingerprint density at radius 3 is 3.00 bits per heavy atom. The summed E-state index contributed by atoms with van der Waals surface area (Å²) >= 11 is 0. The number of benzene rings is 1. The molecule has 4 rings (SSSR count). The highest BCUT2D eigenvalue weighted by Gasteiger charge is 2.21. The lowest BCUT2D eigenvalue weighted by Gasteiger charge is -2.12. The van der Waals surface area contributed by atoms with E-state index < -0.39 is 0 Å². The Kier molecular flexibility index (Phi) is 3.61. The van der Waals surface area contributed by atoms with E-state index in [1.165, 1.54) is 5.56 Å². The summed E-state index contributed by atoms with van der Waals surface area (Å²) in [4.78, 5) is 15.8. The van der Waals surface area contributed by atoms with Crippen LogP contribution in [0.2, 0.25) is 0 Å². The minimum Gasteiger partial charge on any atom is -0.492 e. The van der Waals surface area contributed by atoms with Gasteiger partial charge in [-0.15, -0.1) is 0 Å². The first-order valence-electron chi connectivity index (χ1n) is 7.94. The molecule has 0 aliphatic carbocycles. The summed E-state index contributed by atoms with van der Waals surface area (Å²) in [5.74, 6) is 1.55. The lowest BCUT2D eigenvalue weighted by molar-refractivity contribution is 0.112. The average Bonchev–Trinajstić information content (AvgIpc) is 3.29. The third-order valence-electron chi connectivity index (χ3n) is 4.47. The molecule has 0 N–H and O–H groups in total. The maximum atomic E-state index is 11.4. The Morgan fingerprint density at radius 2 is 2.29 bits per heavy atom. The summed E-state index contributed by atoms with van der Waals surface area (Å²) in [5.41, 5.74) is 5.27. The van der Waals surface area contributed by atoms with E-state index in [0.717, 1.165) is 47.4 Å². The van der Waals surface area contributed by atoms with Gasteiger partial charge in [0.25, 0.3) is 0 Å². The summed E-state index contributed by atoms with van der Waals surface area (Å²) < 4.78 is 7.34. The molecule has 0 saturated carbocycles. The third kappa shape index (κ3) is 2.48. The number of ether oxygens (including phenoxy) is 1. The van der Waals surface area contributed by atoms with Gasteiger partial charge < -0.3 is 4.74 Å². The van der Waals surface area contributed by atoms with Gasteiger partial charge in [0.2, 0.25) is 0 Å². The van der Waals surface area contributed by atoms with E-state index in [9.17, 15) is 4.79 Å². The largest absolute Gasteiger partial charge is 0.492 e. The van der Waals surface area contributed by atoms with E-state index in [4.69, 9.17) is 4.74 Å². The molecule has 1 aromatic carbocycles. The third-order valence-corrected chi connectivity index (χ3v) is 4.47. The van der Waals surface area contributed by atoms with Gasteiger partial charge in [-0.25, -0.2) is 9.67 Å². The molecule has 24 heavy (non-hydrogen) atoms. The molecule has 0 unspecified atom stereocenters. The summed E-state index contributed by atoms with van der Waals surface area (Å²) in [6.07, 6.45) is 7.95. The van der Waals surface area contributed by atoms with Gasteiger partial charge in [0.1, 0.15) is 5.75 Å². The first-order chi connectivity index (χ1) is 11.8. The molecule has 0 saturated heterocycles. The molecule has 0 atom stereocenters. The molecular weight excluding hydrogens is 302 g/mol. The Balaban J connectivity index is 1.65. The second-order valence-electron chi connectivity index (χ2n) is 5.93. The van der Waals surface area contributed by atoms with Crippen LogP contribution in [0.5, 0.6) is 5.75 Å². The van der Waals surface area contributed by atoms with E-state index in [1.807, 2.05) is 36.7 Å². The molecule has 0 fully saturated rings. The van der Waals surface area contributed by atoms with E-state index in [0.29, 0.717) is 12.2 Å². The minimum absolute atomic E-state index is 0.643. The highest BCUT2D eigenvalue weighted by molar-refractivity contribution is 5.82. The number of hydrogen-bond donors (Lipinski definition) is 0. The van der Waals surface area contributed by atoms with Crippen molar-refractivity contribution in [3.63, 3.8) is 0 Å². The molecule has 1 aliphatic rings. The molecule has 5 heteroatoms. The lowest BCUT2D eigenvalue weighted by atomic mass is 9.93. The van der Waals surface area contributed by atoms with Crippen molar-refractivity contribution in [2.45, 2.75) is 19.8 Å². The average molecular weight is 319 g/mol. The monoisotopic (exact) mass is 319 g/mol. The molecule has 0 radical (unpaired) electrons. The summed E-state index contributed by atoms with van der Waals surface area (Å²) in [5, 5.41) is 4.18. The molecule has 0 spiro atoms. The SMILES string of the molecule is Cc1c(Cc2ccc(-n3cccn3)nc2)cc(C=O)c2c1CCO2. The van der Waals surface area contributed by atoms with Crippen molar-refractivity contribution in [1.82, 2.24) is 14.8 Å². The molecule has 1 aliphatic heterocycles. The summed E-state index contributed by atoms with van der Waals surface area (Å²) in [7, 11) is 0. The summed E-state index contributed by atoms with van der Waals surface area (Å²) in [6.45, 7) is 2.75. The molecule has 0 amide bonds. The molecular formula is C19H17N3O2. The molecule has 120 valence electrons. The van der Waals surface area contributed by atoms with Gasteiger partial charge in [-0.2, -0.15) is 5.10 Å². The van der Waals surface area contributed by atoms with Gasteiger partial charge in [-0.3, -0.25) is 4.79 Å². The van der Waals surface area contributed by atoms with Crippen LogP contribution in [-0.2, 0) is 12.8 Å². The molecule has 3 aromatic rings. The highest BCUT2D eigenvalue weighted by atomic mass is 16.5. The molecule has 0 bridgehead atoms. The first-order valence-corrected chi connectivity index (χ1v) is 7.94. The van der Waals surface area contributed by atoms with Crippen molar-refractivity contribution in [1.29, 1.82) is 0 Å². The van der Waals surface area contributed by atoms with Gasteiger partial charge in [0.05, 0.1) is 12.2 Å². The van der Waals surface area contributed by atoms with Gasteiger partial charge in [-0.1, -0.05) is 6.07 Å². The van der Waals surface area contributed by atoms with Crippen LogP contribution in [0.25, 0.3) is 5.82 Å². The molecule has 5 nitrogen and oxygen atoms in total. The zero-order valence-corrected chi connectivity index (χ0v) is 13.4. The zero-order chi connectivity index (χ0) is 16.5. The van der Waals surface area contributed by atoms with Gasteiger partial charge >= 0.3 is 0 Å². The van der Waals surface area contributed by atoms with Crippen molar-refractivity contribution in [3.05, 3.63) is 70.7 Å². The number of carbonyl (C=O) groups excluding carboxylic acids is 1. The second kappa shape index (κ2) is 5.92. The summed E-state index contributed by atoms with van der Waals surface area (Å²) in [6, 6.07) is 7.81. The number of rotatable bonds is 4. The standard InChI is InChI=1S/C19H17N3O2/c1-13-15(10-16(12-23)19-17(13)5-8-24-19)9-14-3-4-18(20-11-14)22-7-2-6-21-22/h2-4,6-7,10-12H,5,8-9H2,1H3. The van der Waals surface area contributed by atoms with Crippen LogP contribution in [0.1, 0.15) is 32.6 Å². The number of aromatic nitrogens is 3. The number of nitrogens with zero attached hydrogens (tertiary/aromatic N) is 3. The van der Waals surface area contributed by atoms with E-state index in [-0.39, 0.29) is 0 Å². The van der Waals surface area contributed by atoms with Gasteiger partial charge in [0, 0.05) is 30.6 Å². The van der Waals surface area contributed by atoms with Crippen LogP contribution >= 0.6 is 0 Å². The second-order valence-corrected chi connectivity index (χ2v) is 5.93. The fourth-order valence-corrected chi connectivity index (χ4v) is 3.18. The van der Waals surface area contributed by atoms with E-state index in [2.05, 4.69) is 17.0 Å². The molecule has 2 aromatic heterocycles. The highest BCUT2D eigenvalue weighted by Crippen LogP contribution is 2.34. The minimum atomic E-state index is 0.643. The van der Waals surface area contributed by atoms with Crippen LogP contribution in [0.3, 0.4) is 0 Å². The van der Waals surface area contributed by atoms with E-state index in [1.54, 1.807) is 10.9 Å². The Labute approximate surface area is 139 Å². The van der Waals surface area contributed by atoms with Crippen molar-refractivity contribution < 1.29 is 9.53 Å². The number of pyridine rings is 1. The Bertz CT molecular complexity index is 884. The number of hydrogen-bond acceptors (Lipinski definition) is 4. The predicted molar refractivity (Wildman–Crippen MR) is 89.9 cm³/mol. The van der Waals surface area contributed by atoms with Crippen LogP contribution < -0.4 is 4.74 Å². The lowest BCUT2D eigenvalue weighted by Crippen LogP contribution is -2.01. The van der Waals surface area contributed by atoms with Crippen LogP contribution in [0.4, 0.5) is 0 Å². The van der Waals surface area contributed by atoms with Crippen molar-refractivity contribution in [3.8, 4) is 11.6 Å². The fourth-order valence-electron chi connectivity index (χ4n) is 3.18. The number of carbonyl (C=O) groups is 1. The van der Waals surface area contributed by atoms with Crippen molar-refractivity contribution >= 4 is 6.29 Å². The zero-order valence-electron chi connectivity index (χ0n) is 13.4. The Hall–Kier alpha value is -2.95. The number of aldehydes is 1. The maximum absolute atomic E-state index is 11.4. The smallest absolute Gasteiger partial charge is 0.153 e. The predicted octanol–water partition coefficient (Wildman–Crippen LogP) is 2.91. The van der Waals surface area contributed by atoms with Crippen LogP contribution in [0, 0.1) is 6.92 Å². The molecule has 3 heterocycles. The van der Waals surface area contributed by atoms with E-state index >= 15 is 0 Å². The van der Waals surface area contributed by atoms with Gasteiger partial charge in [-0.05, 0) is 48.2 Å². The fraction of sp³-hybridized carbons (Fsp3) is 0.211. The Morgan fingerprint density at radius 1 is 1.38 bits per heavy atom. The van der Waals surface area contributed by atoms with Crippen molar-refractivity contribution in [2.24, 2.45) is 0 Å². The first kappa shape index (κ1) is 14.6.